The zero-order valence-corrected chi connectivity index (χ0v) is 14.5. The number of rotatable bonds is 8. The highest BCUT2D eigenvalue weighted by Crippen LogP contribution is 2.22. The average Bonchev–Trinajstić information content (AvgIpc) is 3.48. The first-order valence-electron chi connectivity index (χ1n) is 8.59. The fourth-order valence-corrected chi connectivity index (χ4v) is 2.72. The summed E-state index contributed by atoms with van der Waals surface area (Å²) in [7, 11) is 0. The van der Waals surface area contributed by atoms with Gasteiger partial charge in [-0.1, -0.05) is 60.7 Å². The Labute approximate surface area is 156 Å². The maximum atomic E-state index is 12.6. The minimum absolute atomic E-state index is 0.289. The van der Waals surface area contributed by atoms with Crippen molar-refractivity contribution in [2.75, 3.05) is 0 Å². The summed E-state index contributed by atoms with van der Waals surface area (Å²) in [4.78, 5) is 35.7. The Morgan fingerprint density at radius 1 is 0.926 bits per heavy atom. The highest BCUT2D eigenvalue weighted by molar-refractivity contribution is 5.95. The number of ether oxygens (including phenoxy) is 1. The maximum absolute atomic E-state index is 12.6. The van der Waals surface area contributed by atoms with Crippen LogP contribution in [0.3, 0.4) is 0 Å². The molecule has 7 heteroatoms. The van der Waals surface area contributed by atoms with Crippen LogP contribution in [-0.2, 0) is 32.1 Å². The SMILES string of the molecule is O=C(O)C1OC1C(=O)N[C@@H](Cc1ccccc1)C(=O)NCc1ccccc1. The molecule has 2 amide bonds. The molecule has 3 N–H and O–H groups in total. The number of carboxylic acid groups (broad SMARTS) is 1. The third-order valence-corrected chi connectivity index (χ3v) is 4.22. The van der Waals surface area contributed by atoms with E-state index in [0.717, 1.165) is 11.1 Å². The lowest BCUT2D eigenvalue weighted by Gasteiger charge is -2.18. The van der Waals surface area contributed by atoms with E-state index >= 15 is 0 Å². The lowest BCUT2D eigenvalue weighted by molar-refractivity contribution is -0.138. The summed E-state index contributed by atoms with van der Waals surface area (Å²) in [5.41, 5.74) is 1.82. The molecule has 0 aromatic heterocycles. The lowest BCUT2D eigenvalue weighted by atomic mass is 10.0. The van der Waals surface area contributed by atoms with Gasteiger partial charge < -0.3 is 20.5 Å². The Morgan fingerprint density at radius 3 is 2.07 bits per heavy atom. The Balaban J connectivity index is 1.64. The van der Waals surface area contributed by atoms with Crippen molar-refractivity contribution in [3.63, 3.8) is 0 Å². The van der Waals surface area contributed by atoms with Crippen LogP contribution >= 0.6 is 0 Å². The van der Waals surface area contributed by atoms with Gasteiger partial charge in [0, 0.05) is 13.0 Å². The second kappa shape index (κ2) is 8.46. The fourth-order valence-electron chi connectivity index (χ4n) is 2.72. The molecule has 2 unspecified atom stereocenters. The van der Waals surface area contributed by atoms with Crippen molar-refractivity contribution in [3.05, 3.63) is 71.8 Å². The molecule has 1 saturated heterocycles. The standard InChI is InChI=1S/C20H20N2O5/c23-18(21-12-14-9-5-2-6-10-14)15(11-13-7-3-1-4-8-13)22-19(24)16-17(27-16)20(25)26/h1-10,15-17H,11-12H2,(H,21,23)(H,22,24)(H,25,26)/t15-,16?,17?/m0/s1. The molecule has 1 aliphatic rings. The highest BCUT2D eigenvalue weighted by atomic mass is 16.6. The van der Waals surface area contributed by atoms with E-state index in [0.29, 0.717) is 6.54 Å². The molecule has 0 radical (unpaired) electrons. The van der Waals surface area contributed by atoms with Gasteiger partial charge in [-0.2, -0.15) is 0 Å². The zero-order chi connectivity index (χ0) is 19.2. The van der Waals surface area contributed by atoms with Gasteiger partial charge >= 0.3 is 5.97 Å². The van der Waals surface area contributed by atoms with Crippen LogP contribution in [-0.4, -0.2) is 41.1 Å². The zero-order valence-electron chi connectivity index (χ0n) is 14.5. The van der Waals surface area contributed by atoms with Crippen molar-refractivity contribution in [1.82, 2.24) is 10.6 Å². The molecule has 27 heavy (non-hydrogen) atoms. The number of hydrogen-bond acceptors (Lipinski definition) is 4. The number of benzene rings is 2. The summed E-state index contributed by atoms with van der Waals surface area (Å²) in [6.45, 7) is 0.332. The Morgan fingerprint density at radius 2 is 1.52 bits per heavy atom. The van der Waals surface area contributed by atoms with Gasteiger partial charge in [0.2, 0.25) is 5.91 Å². The molecular formula is C20H20N2O5. The Kier molecular flexibility index (Phi) is 5.83. The Hall–Kier alpha value is -3.19. The molecule has 3 atom stereocenters. The van der Waals surface area contributed by atoms with Gasteiger partial charge in [-0.25, -0.2) is 4.79 Å². The van der Waals surface area contributed by atoms with Crippen LogP contribution in [0.4, 0.5) is 0 Å². The average molecular weight is 368 g/mol. The van der Waals surface area contributed by atoms with E-state index in [4.69, 9.17) is 9.84 Å². The van der Waals surface area contributed by atoms with Crippen molar-refractivity contribution < 1.29 is 24.2 Å². The molecule has 7 nitrogen and oxygen atoms in total. The van der Waals surface area contributed by atoms with Gasteiger partial charge in [-0.05, 0) is 11.1 Å². The van der Waals surface area contributed by atoms with Crippen molar-refractivity contribution in [2.45, 2.75) is 31.2 Å². The number of carbonyl (C=O) groups excluding carboxylic acids is 2. The second-order valence-corrected chi connectivity index (χ2v) is 6.27. The molecule has 1 aliphatic heterocycles. The van der Waals surface area contributed by atoms with Gasteiger partial charge in [-0.3, -0.25) is 9.59 Å². The first-order valence-corrected chi connectivity index (χ1v) is 8.59. The van der Waals surface area contributed by atoms with E-state index in [-0.39, 0.29) is 12.3 Å². The van der Waals surface area contributed by atoms with Crippen LogP contribution < -0.4 is 10.6 Å². The largest absolute Gasteiger partial charge is 0.479 e. The van der Waals surface area contributed by atoms with Crippen LogP contribution in [0.2, 0.25) is 0 Å². The number of aliphatic carboxylic acids is 1. The van der Waals surface area contributed by atoms with E-state index < -0.39 is 30.1 Å². The van der Waals surface area contributed by atoms with Crippen molar-refractivity contribution in [3.8, 4) is 0 Å². The van der Waals surface area contributed by atoms with Gasteiger partial charge in [0.1, 0.15) is 6.04 Å². The normalized spacial score (nSPS) is 19.0. The summed E-state index contributed by atoms with van der Waals surface area (Å²) < 4.78 is 4.86. The number of nitrogens with one attached hydrogen (secondary N) is 2. The minimum Gasteiger partial charge on any atom is -0.479 e. The van der Waals surface area contributed by atoms with E-state index in [1.165, 1.54) is 0 Å². The first-order chi connectivity index (χ1) is 13.0. The van der Waals surface area contributed by atoms with Crippen LogP contribution in [0.15, 0.2) is 60.7 Å². The summed E-state index contributed by atoms with van der Waals surface area (Å²) in [6, 6.07) is 17.9. The second-order valence-electron chi connectivity index (χ2n) is 6.27. The van der Waals surface area contributed by atoms with Crippen LogP contribution in [0, 0.1) is 0 Å². The Bertz CT molecular complexity index is 810. The van der Waals surface area contributed by atoms with Crippen LogP contribution in [0.1, 0.15) is 11.1 Å². The van der Waals surface area contributed by atoms with E-state index in [1.54, 1.807) is 0 Å². The van der Waals surface area contributed by atoms with E-state index in [1.807, 2.05) is 60.7 Å². The smallest absolute Gasteiger partial charge is 0.336 e. The molecule has 2 aromatic rings. The monoisotopic (exact) mass is 368 g/mol. The third kappa shape index (κ3) is 5.15. The first kappa shape index (κ1) is 18.6. The number of carboxylic acids is 1. The molecule has 2 aromatic carbocycles. The van der Waals surface area contributed by atoms with Crippen LogP contribution in [0.5, 0.6) is 0 Å². The third-order valence-electron chi connectivity index (χ3n) is 4.22. The molecular weight excluding hydrogens is 348 g/mol. The maximum Gasteiger partial charge on any atom is 0.336 e. The quantitative estimate of drug-likeness (QED) is 0.600. The predicted octanol–water partition coefficient (Wildman–Crippen LogP) is 0.882. The fraction of sp³-hybridized carbons (Fsp3) is 0.250. The lowest BCUT2D eigenvalue weighted by Crippen LogP contribution is -2.49. The molecule has 1 heterocycles. The summed E-state index contributed by atoms with van der Waals surface area (Å²) in [5.74, 6) is -2.13. The molecule has 0 spiro atoms. The predicted molar refractivity (Wildman–Crippen MR) is 96.7 cm³/mol. The highest BCUT2D eigenvalue weighted by Gasteiger charge is 2.51. The molecule has 140 valence electrons. The number of epoxide rings is 1. The van der Waals surface area contributed by atoms with Gasteiger partial charge in [-0.15, -0.1) is 0 Å². The van der Waals surface area contributed by atoms with Gasteiger partial charge in [0.15, 0.2) is 12.2 Å². The molecule has 0 bridgehead atoms. The molecule has 1 fully saturated rings. The van der Waals surface area contributed by atoms with E-state index in [9.17, 15) is 14.4 Å². The summed E-state index contributed by atoms with van der Waals surface area (Å²) >= 11 is 0. The van der Waals surface area contributed by atoms with Gasteiger partial charge in [0.05, 0.1) is 0 Å². The molecule has 0 aliphatic carbocycles. The van der Waals surface area contributed by atoms with Crippen molar-refractivity contribution in [2.24, 2.45) is 0 Å². The number of hydrogen-bond donors (Lipinski definition) is 3. The topological polar surface area (TPSA) is 108 Å². The molecule has 0 saturated carbocycles. The van der Waals surface area contributed by atoms with Crippen LogP contribution in [0.25, 0.3) is 0 Å². The summed E-state index contributed by atoms with van der Waals surface area (Å²) in [5, 5.41) is 14.3. The minimum atomic E-state index is -1.19. The van der Waals surface area contributed by atoms with Crippen molar-refractivity contribution in [1.29, 1.82) is 0 Å². The molecule has 3 rings (SSSR count). The van der Waals surface area contributed by atoms with Gasteiger partial charge in [0.25, 0.3) is 5.91 Å². The van der Waals surface area contributed by atoms with Crippen molar-refractivity contribution >= 4 is 17.8 Å². The number of carbonyl (C=O) groups is 3. The van der Waals surface area contributed by atoms with E-state index in [2.05, 4.69) is 10.6 Å². The summed E-state index contributed by atoms with van der Waals surface area (Å²) in [6.07, 6.45) is -1.91. The number of amides is 2.